The SMILES string of the molecule is CC1CC1.CCNc1nc(Nc2cn(C)nc2C)ncc1Br.NC=O. The number of aromatic nitrogens is 4. The Morgan fingerprint density at radius 2 is 2.08 bits per heavy atom. The van der Waals surface area contributed by atoms with E-state index in [9.17, 15) is 0 Å². The molecule has 0 bridgehead atoms. The fourth-order valence-corrected chi connectivity index (χ4v) is 2.06. The third-order valence-corrected chi connectivity index (χ3v) is 3.79. The van der Waals surface area contributed by atoms with Crippen LogP contribution in [0.4, 0.5) is 17.5 Å². The first-order valence-corrected chi connectivity index (χ1v) is 8.89. The van der Waals surface area contributed by atoms with Crippen molar-refractivity contribution < 1.29 is 4.79 Å². The van der Waals surface area contributed by atoms with Crippen molar-refractivity contribution in [1.29, 1.82) is 0 Å². The van der Waals surface area contributed by atoms with Crippen LogP contribution in [0.5, 0.6) is 0 Å². The van der Waals surface area contributed by atoms with Crippen LogP contribution in [-0.2, 0) is 11.8 Å². The molecule has 1 saturated carbocycles. The molecule has 2 aromatic rings. The number of aryl methyl sites for hydroxylation is 2. The normalized spacial score (nSPS) is 12.2. The summed E-state index contributed by atoms with van der Waals surface area (Å²) in [5.74, 6) is 2.40. The van der Waals surface area contributed by atoms with Gasteiger partial charge in [-0.3, -0.25) is 9.48 Å². The van der Waals surface area contributed by atoms with E-state index in [1.54, 1.807) is 10.9 Å². The Balaban J connectivity index is 0.000000374. The van der Waals surface area contributed by atoms with Crippen LogP contribution in [0, 0.1) is 12.8 Å². The van der Waals surface area contributed by atoms with Gasteiger partial charge in [-0.2, -0.15) is 10.1 Å². The summed E-state index contributed by atoms with van der Waals surface area (Å²) >= 11 is 3.40. The summed E-state index contributed by atoms with van der Waals surface area (Å²) in [6.07, 6.45) is 6.84. The lowest BCUT2D eigenvalue weighted by molar-refractivity contribution is -0.106. The lowest BCUT2D eigenvalue weighted by atomic mass is 10.4. The van der Waals surface area contributed by atoms with Crippen molar-refractivity contribution in [2.24, 2.45) is 18.7 Å². The van der Waals surface area contributed by atoms with Crippen LogP contribution >= 0.6 is 15.9 Å². The molecule has 1 fully saturated rings. The highest BCUT2D eigenvalue weighted by Crippen LogP contribution is 2.26. The van der Waals surface area contributed by atoms with E-state index in [1.807, 2.05) is 27.1 Å². The molecular weight excluding hydrogens is 386 g/mol. The summed E-state index contributed by atoms with van der Waals surface area (Å²) in [5, 5.41) is 10.6. The van der Waals surface area contributed by atoms with Crippen LogP contribution in [0.15, 0.2) is 16.9 Å². The lowest BCUT2D eigenvalue weighted by Gasteiger charge is -2.08. The number of nitrogens with two attached hydrogens (primary N) is 1. The van der Waals surface area contributed by atoms with Crippen molar-refractivity contribution in [3.05, 3.63) is 22.6 Å². The highest BCUT2D eigenvalue weighted by Gasteiger charge is 2.12. The van der Waals surface area contributed by atoms with Crippen molar-refractivity contribution in [1.82, 2.24) is 19.7 Å². The average Bonchev–Trinajstić information content (AvgIpc) is 3.26. The molecule has 3 rings (SSSR count). The Morgan fingerprint density at radius 1 is 1.48 bits per heavy atom. The van der Waals surface area contributed by atoms with E-state index in [0.29, 0.717) is 5.95 Å². The largest absolute Gasteiger partial charge is 0.372 e. The van der Waals surface area contributed by atoms with Gasteiger partial charge in [0.1, 0.15) is 5.82 Å². The molecule has 1 aliphatic carbocycles. The second kappa shape index (κ2) is 10.7. The first kappa shape index (κ1) is 20.9. The summed E-state index contributed by atoms with van der Waals surface area (Å²) in [7, 11) is 1.88. The van der Waals surface area contributed by atoms with Crippen LogP contribution in [0.1, 0.15) is 32.4 Å². The number of nitrogens with one attached hydrogen (secondary N) is 2. The van der Waals surface area contributed by atoms with Crippen molar-refractivity contribution >= 4 is 39.8 Å². The molecule has 0 radical (unpaired) electrons. The maximum absolute atomic E-state index is 8.58. The summed E-state index contributed by atoms with van der Waals surface area (Å²) in [5.41, 5.74) is 5.98. The Morgan fingerprint density at radius 3 is 2.52 bits per heavy atom. The van der Waals surface area contributed by atoms with Crippen LogP contribution < -0.4 is 16.4 Å². The minimum absolute atomic E-state index is 0.250. The Hall–Kier alpha value is -2.16. The zero-order valence-corrected chi connectivity index (χ0v) is 16.7. The van der Waals surface area contributed by atoms with Gasteiger partial charge in [-0.05, 0) is 35.7 Å². The van der Waals surface area contributed by atoms with Gasteiger partial charge in [0.15, 0.2) is 0 Å². The van der Waals surface area contributed by atoms with Gasteiger partial charge < -0.3 is 16.4 Å². The third kappa shape index (κ3) is 7.97. The van der Waals surface area contributed by atoms with Gasteiger partial charge in [-0.1, -0.05) is 19.8 Å². The van der Waals surface area contributed by atoms with Gasteiger partial charge >= 0.3 is 0 Å². The smallest absolute Gasteiger partial charge is 0.229 e. The molecule has 9 heteroatoms. The monoisotopic (exact) mass is 411 g/mol. The molecule has 4 N–H and O–H groups in total. The number of hydrogen-bond acceptors (Lipinski definition) is 6. The van der Waals surface area contributed by atoms with E-state index in [4.69, 9.17) is 4.79 Å². The number of carbonyl (C=O) groups is 1. The van der Waals surface area contributed by atoms with E-state index in [0.717, 1.165) is 34.1 Å². The maximum Gasteiger partial charge on any atom is 0.229 e. The molecule has 0 saturated heterocycles. The van der Waals surface area contributed by atoms with Crippen molar-refractivity contribution in [2.75, 3.05) is 17.2 Å². The van der Waals surface area contributed by atoms with Crippen LogP contribution in [0.2, 0.25) is 0 Å². The molecule has 2 heterocycles. The molecule has 8 nitrogen and oxygen atoms in total. The molecule has 0 spiro atoms. The predicted octanol–water partition coefficient (Wildman–Crippen LogP) is 2.97. The first-order valence-electron chi connectivity index (χ1n) is 8.10. The molecule has 1 aliphatic rings. The number of nitrogens with zero attached hydrogens (tertiary/aromatic N) is 4. The Bertz CT molecular complexity index is 670. The lowest BCUT2D eigenvalue weighted by Crippen LogP contribution is -2.04. The Labute approximate surface area is 156 Å². The van der Waals surface area contributed by atoms with Crippen molar-refractivity contribution in [3.8, 4) is 0 Å². The standard InChI is InChI=1S/C11H15BrN6.C4H8.CH3NO/c1-4-13-10-8(12)5-14-11(16-10)15-9-6-18(3)17-7(9)2;1-4-2-3-4;2-1-3/h5-6H,4H2,1-3H3,(H2,13,14,15,16);4H,2-3H2,1H3;1H,(H2,2,3). The van der Waals surface area contributed by atoms with E-state index in [-0.39, 0.29) is 6.41 Å². The summed E-state index contributed by atoms with van der Waals surface area (Å²) < 4.78 is 2.60. The summed E-state index contributed by atoms with van der Waals surface area (Å²) in [6.45, 7) is 7.04. The number of halogens is 1. The molecule has 0 aliphatic heterocycles. The summed E-state index contributed by atoms with van der Waals surface area (Å²) in [6, 6.07) is 0. The number of primary amides is 1. The number of carbonyl (C=O) groups excluding carboxylic acids is 1. The molecule has 0 atom stereocenters. The molecule has 2 aromatic heterocycles. The highest BCUT2D eigenvalue weighted by molar-refractivity contribution is 9.10. The van der Waals surface area contributed by atoms with Crippen LogP contribution in [0.25, 0.3) is 0 Å². The number of amides is 1. The highest BCUT2D eigenvalue weighted by atomic mass is 79.9. The minimum Gasteiger partial charge on any atom is -0.372 e. The van der Waals surface area contributed by atoms with Gasteiger partial charge in [-0.15, -0.1) is 0 Å². The number of anilines is 3. The van der Waals surface area contributed by atoms with Gasteiger partial charge in [-0.25, -0.2) is 4.98 Å². The van der Waals surface area contributed by atoms with Gasteiger partial charge in [0.25, 0.3) is 0 Å². The van der Waals surface area contributed by atoms with Crippen LogP contribution in [0.3, 0.4) is 0 Å². The molecule has 0 aromatic carbocycles. The van der Waals surface area contributed by atoms with E-state index >= 15 is 0 Å². The van der Waals surface area contributed by atoms with Crippen LogP contribution in [-0.4, -0.2) is 32.7 Å². The number of hydrogen-bond donors (Lipinski definition) is 3. The number of rotatable bonds is 4. The van der Waals surface area contributed by atoms with Crippen molar-refractivity contribution in [3.63, 3.8) is 0 Å². The van der Waals surface area contributed by atoms with Gasteiger partial charge in [0.05, 0.1) is 15.9 Å². The topological polar surface area (TPSA) is 111 Å². The molecule has 0 unspecified atom stereocenters. The Kier molecular flexibility index (Phi) is 8.90. The zero-order valence-electron chi connectivity index (χ0n) is 15.1. The fraction of sp³-hybridized carbons (Fsp3) is 0.500. The fourth-order valence-electron chi connectivity index (χ4n) is 1.73. The average molecular weight is 412 g/mol. The molecular formula is C16H26BrN7O. The second-order valence-corrected chi connectivity index (χ2v) is 6.52. The van der Waals surface area contributed by atoms with Crippen molar-refractivity contribution in [2.45, 2.75) is 33.6 Å². The molecule has 138 valence electrons. The van der Waals surface area contributed by atoms with Gasteiger partial charge in [0.2, 0.25) is 12.4 Å². The van der Waals surface area contributed by atoms with E-state index in [2.05, 4.69) is 54.3 Å². The first-order chi connectivity index (χ1) is 11.9. The quantitative estimate of drug-likeness (QED) is 0.666. The predicted molar refractivity (Wildman–Crippen MR) is 104 cm³/mol. The zero-order chi connectivity index (χ0) is 18.8. The maximum atomic E-state index is 8.58. The third-order valence-electron chi connectivity index (χ3n) is 3.21. The molecule has 1 amide bonds. The van der Waals surface area contributed by atoms with E-state index < -0.39 is 0 Å². The van der Waals surface area contributed by atoms with Gasteiger partial charge in [0, 0.05) is 26.0 Å². The molecule has 25 heavy (non-hydrogen) atoms. The second-order valence-electron chi connectivity index (χ2n) is 5.67. The van der Waals surface area contributed by atoms with E-state index in [1.165, 1.54) is 12.8 Å². The summed E-state index contributed by atoms with van der Waals surface area (Å²) in [4.78, 5) is 17.2. The minimum atomic E-state index is 0.250.